The summed E-state index contributed by atoms with van der Waals surface area (Å²) in [6.07, 6.45) is 14.7. The zero-order valence-corrected chi connectivity index (χ0v) is 7.92. The largest absolute Gasteiger partial charge is 0.0882 e. The first kappa shape index (κ1) is 9.57. The van der Waals surface area contributed by atoms with Gasteiger partial charge in [-0.3, -0.25) is 0 Å². The van der Waals surface area contributed by atoms with Gasteiger partial charge < -0.3 is 0 Å². The van der Waals surface area contributed by atoms with Crippen LogP contribution in [-0.2, 0) is 0 Å². The van der Waals surface area contributed by atoms with Crippen LogP contribution in [0.5, 0.6) is 0 Å². The highest BCUT2D eigenvalue weighted by Crippen LogP contribution is 2.44. The predicted molar refractivity (Wildman–Crippen MR) is 53.7 cm³/mol. The Hall–Kier alpha value is -0.520. The van der Waals surface area contributed by atoms with Crippen LogP contribution in [0.3, 0.4) is 0 Å². The summed E-state index contributed by atoms with van der Waals surface area (Å²) in [5.74, 6) is 0.834. The van der Waals surface area contributed by atoms with E-state index in [1.807, 2.05) is 0 Å². The third-order valence-electron chi connectivity index (χ3n) is 3.29. The Morgan fingerprint density at radius 1 is 1.25 bits per heavy atom. The minimum Gasteiger partial charge on any atom is -0.0882 e. The van der Waals surface area contributed by atoms with Gasteiger partial charge in [0.25, 0.3) is 0 Å². The molecule has 0 aromatic rings. The van der Waals surface area contributed by atoms with E-state index >= 15 is 0 Å². The van der Waals surface area contributed by atoms with Crippen molar-refractivity contribution in [2.75, 3.05) is 0 Å². The lowest BCUT2D eigenvalue weighted by molar-refractivity contribution is 0.193. The fourth-order valence-corrected chi connectivity index (χ4v) is 2.30. The number of hydrogen-bond acceptors (Lipinski definition) is 0. The molecule has 2 aliphatic carbocycles. The van der Waals surface area contributed by atoms with E-state index in [2.05, 4.69) is 31.2 Å². The van der Waals surface area contributed by atoms with Gasteiger partial charge in [-0.2, -0.15) is 0 Å². The van der Waals surface area contributed by atoms with Crippen molar-refractivity contribution in [3.05, 3.63) is 31.7 Å². The van der Waals surface area contributed by atoms with Crippen molar-refractivity contribution >= 4 is 0 Å². The van der Waals surface area contributed by atoms with Gasteiger partial charge in [0.05, 0.1) is 0 Å². The molecule has 0 saturated carbocycles. The Bertz CT molecular complexity index is 200. The normalized spacial score (nSPS) is 38.6. The van der Waals surface area contributed by atoms with Crippen LogP contribution in [0.15, 0.2) is 24.3 Å². The van der Waals surface area contributed by atoms with E-state index in [1.54, 1.807) is 0 Å². The molecule has 2 unspecified atom stereocenters. The Morgan fingerprint density at radius 2 is 2.08 bits per heavy atom. The molecule has 0 amide bonds. The lowest BCUT2D eigenvalue weighted by Crippen LogP contribution is -2.29. The third kappa shape index (κ3) is 1.48. The number of fused-ring (bicyclic) bond motifs is 1. The molecule has 2 radical (unpaired) electrons. The van der Waals surface area contributed by atoms with Crippen molar-refractivity contribution in [3.63, 3.8) is 0 Å². The lowest BCUT2D eigenvalue weighted by Gasteiger charge is -2.39. The zero-order chi connectivity index (χ0) is 7.73. The second kappa shape index (κ2) is 3.47. The van der Waals surface area contributed by atoms with Crippen molar-refractivity contribution in [2.24, 2.45) is 11.3 Å². The van der Waals surface area contributed by atoms with Crippen LogP contribution in [-0.4, -0.2) is 0 Å². The molecule has 0 heteroatoms. The zero-order valence-electron chi connectivity index (χ0n) is 7.92. The fraction of sp³-hybridized carbons (Fsp3) is 0.583. The average Bonchev–Trinajstić information content (AvgIpc) is 2.03. The van der Waals surface area contributed by atoms with Gasteiger partial charge in [0, 0.05) is 0 Å². The molecule has 0 fully saturated rings. The first-order valence-electron chi connectivity index (χ1n) is 4.63. The molecule has 0 saturated heterocycles. The van der Waals surface area contributed by atoms with Gasteiger partial charge >= 0.3 is 0 Å². The van der Waals surface area contributed by atoms with Crippen molar-refractivity contribution < 1.29 is 0 Å². The molecule has 0 aromatic heterocycles. The molecule has 0 aliphatic heterocycles. The summed E-state index contributed by atoms with van der Waals surface area (Å²) < 4.78 is 0. The maximum absolute atomic E-state index is 2.44. The summed E-state index contributed by atoms with van der Waals surface area (Å²) in [6.45, 7) is 2.44. The topological polar surface area (TPSA) is 0 Å². The van der Waals surface area contributed by atoms with Crippen molar-refractivity contribution in [3.8, 4) is 0 Å². The Balaban J connectivity index is 0.000000720. The van der Waals surface area contributed by atoms with Gasteiger partial charge in [-0.25, -0.2) is 0 Å². The second-order valence-electron chi connectivity index (χ2n) is 4.14. The molecule has 12 heavy (non-hydrogen) atoms. The molecule has 66 valence electrons. The molecule has 0 nitrogen and oxygen atoms in total. The van der Waals surface area contributed by atoms with Crippen LogP contribution in [0.4, 0.5) is 0 Å². The maximum Gasteiger partial charge on any atom is -0.0142 e. The van der Waals surface area contributed by atoms with E-state index < -0.39 is 0 Å². The highest BCUT2D eigenvalue weighted by molar-refractivity contribution is 5.10. The smallest absolute Gasteiger partial charge is 0.0142 e. The maximum atomic E-state index is 2.44. The van der Waals surface area contributed by atoms with Gasteiger partial charge in [-0.15, -0.1) is 0 Å². The summed E-state index contributed by atoms with van der Waals surface area (Å²) in [5.41, 5.74) is 0.601. The van der Waals surface area contributed by atoms with Crippen LogP contribution in [0.25, 0.3) is 0 Å². The quantitative estimate of drug-likeness (QED) is 0.477. The summed E-state index contributed by atoms with van der Waals surface area (Å²) >= 11 is 0. The van der Waals surface area contributed by atoms with E-state index in [0.717, 1.165) is 5.92 Å². The fourth-order valence-electron chi connectivity index (χ4n) is 2.30. The first-order chi connectivity index (χ1) is 5.31. The second-order valence-corrected chi connectivity index (χ2v) is 4.14. The van der Waals surface area contributed by atoms with E-state index in [1.165, 1.54) is 25.7 Å². The van der Waals surface area contributed by atoms with Gasteiger partial charge in [0.15, 0.2) is 0 Å². The molecule has 0 heterocycles. The Morgan fingerprint density at radius 3 is 2.83 bits per heavy atom. The number of rotatable bonds is 0. The van der Waals surface area contributed by atoms with E-state index in [9.17, 15) is 0 Å². The van der Waals surface area contributed by atoms with Crippen molar-refractivity contribution in [1.29, 1.82) is 0 Å². The predicted octanol–water partition coefficient (Wildman–Crippen LogP) is 3.64. The average molecular weight is 162 g/mol. The van der Waals surface area contributed by atoms with Gasteiger partial charge in [0.2, 0.25) is 0 Å². The van der Waals surface area contributed by atoms with Crippen LogP contribution >= 0.6 is 0 Å². The summed E-state index contributed by atoms with van der Waals surface area (Å²) in [6, 6.07) is 0. The molecule has 0 bridgehead atoms. The standard InChI is InChI=1S/C11H16.CH2/c1-11-8-4-2-6-10(11)7-3-5-9-11;/h2-4,7,10H,5-6,8-9H2,1H3;1H2. The molecular weight excluding hydrogens is 144 g/mol. The Labute approximate surface area is 76.4 Å². The van der Waals surface area contributed by atoms with E-state index in [0.29, 0.717) is 5.41 Å². The first-order valence-corrected chi connectivity index (χ1v) is 4.63. The summed E-state index contributed by atoms with van der Waals surface area (Å²) in [5, 5.41) is 0. The highest BCUT2D eigenvalue weighted by atomic mass is 14.4. The number of allylic oxidation sites excluding steroid dienone is 4. The van der Waals surface area contributed by atoms with Crippen LogP contribution in [0.1, 0.15) is 32.6 Å². The molecule has 0 aromatic carbocycles. The molecule has 2 atom stereocenters. The number of hydrogen-bond donors (Lipinski definition) is 0. The highest BCUT2D eigenvalue weighted by Gasteiger charge is 2.33. The van der Waals surface area contributed by atoms with E-state index in [-0.39, 0.29) is 7.43 Å². The molecule has 2 aliphatic rings. The van der Waals surface area contributed by atoms with Gasteiger partial charge in [-0.05, 0) is 37.0 Å². The van der Waals surface area contributed by atoms with Gasteiger partial charge in [-0.1, -0.05) is 38.7 Å². The van der Waals surface area contributed by atoms with Crippen LogP contribution < -0.4 is 0 Å². The lowest BCUT2D eigenvalue weighted by atomic mass is 9.65. The van der Waals surface area contributed by atoms with Crippen molar-refractivity contribution in [2.45, 2.75) is 32.6 Å². The Kier molecular flexibility index (Phi) is 2.76. The molecular formula is C12H18. The molecule has 2 rings (SSSR count). The minimum absolute atomic E-state index is 0. The van der Waals surface area contributed by atoms with Gasteiger partial charge in [0.1, 0.15) is 0 Å². The summed E-state index contributed by atoms with van der Waals surface area (Å²) in [7, 11) is 0. The monoisotopic (exact) mass is 162 g/mol. The van der Waals surface area contributed by atoms with Crippen LogP contribution in [0.2, 0.25) is 0 Å². The molecule has 0 spiro atoms. The minimum atomic E-state index is 0. The third-order valence-corrected chi connectivity index (χ3v) is 3.29. The van der Waals surface area contributed by atoms with E-state index in [4.69, 9.17) is 0 Å². The SMILES string of the molecule is CC12CC=CCC1C=CCC2.[CH2]. The molecule has 0 N–H and O–H groups in total. The summed E-state index contributed by atoms with van der Waals surface area (Å²) in [4.78, 5) is 0. The van der Waals surface area contributed by atoms with Crippen molar-refractivity contribution in [1.82, 2.24) is 0 Å². The van der Waals surface area contributed by atoms with Crippen LogP contribution in [0, 0.1) is 18.8 Å².